The molecule has 1 atom stereocenters. The summed E-state index contributed by atoms with van der Waals surface area (Å²) in [5.41, 5.74) is 2.63. The minimum atomic E-state index is 0.513. The largest absolute Gasteiger partial charge is 0.372 e. The summed E-state index contributed by atoms with van der Waals surface area (Å²) in [6.45, 7) is 14.2. The molecule has 1 aromatic rings. The summed E-state index contributed by atoms with van der Waals surface area (Å²) in [4.78, 5) is 2.46. The van der Waals surface area contributed by atoms with Gasteiger partial charge >= 0.3 is 0 Å². The lowest BCUT2D eigenvalue weighted by molar-refractivity contribution is 0.548. The van der Waals surface area contributed by atoms with Crippen LogP contribution in [0.25, 0.3) is 0 Å². The smallest absolute Gasteiger partial charge is 0.0377 e. The maximum absolute atomic E-state index is 3.71. The topological polar surface area (TPSA) is 15.3 Å². The summed E-state index contributed by atoms with van der Waals surface area (Å²) >= 11 is 3.71. The minimum absolute atomic E-state index is 0.513. The first kappa shape index (κ1) is 17.5. The van der Waals surface area contributed by atoms with Crippen LogP contribution in [0.3, 0.4) is 0 Å². The van der Waals surface area contributed by atoms with Gasteiger partial charge in [0.05, 0.1) is 0 Å². The van der Waals surface area contributed by atoms with E-state index >= 15 is 0 Å². The minimum Gasteiger partial charge on any atom is -0.372 e. The maximum Gasteiger partial charge on any atom is 0.0377 e. The number of rotatable bonds is 8. The van der Waals surface area contributed by atoms with Gasteiger partial charge in [0.15, 0.2) is 0 Å². The molecule has 1 N–H and O–H groups in total. The molecule has 0 fully saturated rings. The number of hydrogen-bond donors (Lipinski definition) is 1. The van der Waals surface area contributed by atoms with Crippen LogP contribution in [0.15, 0.2) is 22.7 Å². The third-order valence-electron chi connectivity index (χ3n) is 3.71. The molecule has 0 heterocycles. The second kappa shape index (κ2) is 8.68. The van der Waals surface area contributed by atoms with Crippen LogP contribution in [0.4, 0.5) is 5.69 Å². The Morgan fingerprint density at radius 3 is 2.40 bits per heavy atom. The Kier molecular flexibility index (Phi) is 7.60. The molecule has 3 heteroatoms. The predicted molar refractivity (Wildman–Crippen MR) is 93.5 cm³/mol. The zero-order chi connectivity index (χ0) is 15.1. The third kappa shape index (κ3) is 5.45. The van der Waals surface area contributed by atoms with Gasteiger partial charge in [0, 0.05) is 35.8 Å². The molecule has 20 heavy (non-hydrogen) atoms. The first-order valence-corrected chi connectivity index (χ1v) is 8.53. The van der Waals surface area contributed by atoms with Crippen LogP contribution in [-0.2, 0) is 6.54 Å². The average molecular weight is 341 g/mol. The number of nitrogens with zero attached hydrogens (tertiary/aromatic N) is 1. The summed E-state index contributed by atoms with van der Waals surface area (Å²) in [5, 5.41) is 3.46. The lowest BCUT2D eigenvalue weighted by Gasteiger charge is -2.27. The number of halogens is 1. The fourth-order valence-electron chi connectivity index (χ4n) is 2.11. The Morgan fingerprint density at radius 1 is 1.20 bits per heavy atom. The van der Waals surface area contributed by atoms with Crippen molar-refractivity contribution in [2.75, 3.05) is 18.0 Å². The van der Waals surface area contributed by atoms with Gasteiger partial charge in [0.2, 0.25) is 0 Å². The van der Waals surface area contributed by atoms with Gasteiger partial charge in [0.1, 0.15) is 0 Å². The van der Waals surface area contributed by atoms with Crippen molar-refractivity contribution in [1.29, 1.82) is 0 Å². The molecule has 0 aliphatic rings. The molecule has 2 nitrogen and oxygen atoms in total. The molecule has 0 saturated carbocycles. The van der Waals surface area contributed by atoms with Gasteiger partial charge in [-0.3, -0.25) is 0 Å². The summed E-state index contributed by atoms with van der Waals surface area (Å²) < 4.78 is 1.20. The number of anilines is 1. The third-order valence-corrected chi connectivity index (χ3v) is 4.45. The Morgan fingerprint density at radius 2 is 1.90 bits per heavy atom. The second-order valence-electron chi connectivity index (χ2n) is 5.86. The van der Waals surface area contributed by atoms with Crippen molar-refractivity contribution >= 4 is 21.6 Å². The van der Waals surface area contributed by atoms with Crippen LogP contribution in [0.2, 0.25) is 0 Å². The highest BCUT2D eigenvalue weighted by atomic mass is 79.9. The van der Waals surface area contributed by atoms with Crippen molar-refractivity contribution in [3.8, 4) is 0 Å². The van der Waals surface area contributed by atoms with Gasteiger partial charge in [0.25, 0.3) is 0 Å². The molecule has 0 saturated heterocycles. The van der Waals surface area contributed by atoms with Crippen molar-refractivity contribution in [3.63, 3.8) is 0 Å². The SMILES string of the molecule is CCC(C)CN(CC)c1ccc(CNC(C)C)c(Br)c1. The molecular formula is C17H29BrN2. The molecule has 0 amide bonds. The van der Waals surface area contributed by atoms with E-state index in [1.807, 2.05) is 0 Å². The highest BCUT2D eigenvalue weighted by Gasteiger charge is 2.10. The van der Waals surface area contributed by atoms with E-state index < -0.39 is 0 Å². The van der Waals surface area contributed by atoms with Gasteiger partial charge in [-0.1, -0.05) is 56.1 Å². The van der Waals surface area contributed by atoms with E-state index in [0.29, 0.717) is 6.04 Å². The molecule has 0 spiro atoms. The highest BCUT2D eigenvalue weighted by Crippen LogP contribution is 2.25. The van der Waals surface area contributed by atoms with Crippen LogP contribution >= 0.6 is 15.9 Å². The van der Waals surface area contributed by atoms with Crippen molar-refractivity contribution in [2.24, 2.45) is 5.92 Å². The Hall–Kier alpha value is -0.540. The molecule has 1 aromatic carbocycles. The fraction of sp³-hybridized carbons (Fsp3) is 0.647. The molecule has 114 valence electrons. The molecular weight excluding hydrogens is 312 g/mol. The molecule has 0 aliphatic heterocycles. The van der Waals surface area contributed by atoms with Crippen LogP contribution in [-0.4, -0.2) is 19.1 Å². The zero-order valence-electron chi connectivity index (χ0n) is 13.5. The predicted octanol–water partition coefficient (Wildman–Crippen LogP) is 4.82. The Bertz CT molecular complexity index is 404. The summed E-state index contributed by atoms with van der Waals surface area (Å²) in [7, 11) is 0. The van der Waals surface area contributed by atoms with E-state index in [1.54, 1.807) is 0 Å². The van der Waals surface area contributed by atoms with Gasteiger partial charge < -0.3 is 10.2 Å². The quantitative estimate of drug-likeness (QED) is 0.729. The van der Waals surface area contributed by atoms with Crippen LogP contribution in [0.1, 0.15) is 46.6 Å². The lowest BCUT2D eigenvalue weighted by Crippen LogP contribution is -2.28. The normalized spacial score (nSPS) is 12.8. The summed E-state index contributed by atoms with van der Waals surface area (Å²) in [5.74, 6) is 0.732. The van der Waals surface area contributed by atoms with Crippen molar-refractivity contribution in [3.05, 3.63) is 28.2 Å². The maximum atomic E-state index is 3.71. The van der Waals surface area contributed by atoms with Crippen molar-refractivity contribution in [2.45, 2.75) is 53.6 Å². The molecule has 1 rings (SSSR count). The zero-order valence-corrected chi connectivity index (χ0v) is 15.1. The van der Waals surface area contributed by atoms with E-state index in [2.05, 4.69) is 79.0 Å². The van der Waals surface area contributed by atoms with Crippen LogP contribution in [0, 0.1) is 5.92 Å². The number of nitrogens with one attached hydrogen (secondary N) is 1. The van der Waals surface area contributed by atoms with Gasteiger partial charge in [-0.05, 0) is 30.5 Å². The van der Waals surface area contributed by atoms with E-state index in [0.717, 1.165) is 25.6 Å². The molecule has 0 radical (unpaired) electrons. The van der Waals surface area contributed by atoms with Gasteiger partial charge in [-0.15, -0.1) is 0 Å². The molecule has 0 aliphatic carbocycles. The molecule has 0 bridgehead atoms. The van der Waals surface area contributed by atoms with Crippen LogP contribution in [0.5, 0.6) is 0 Å². The lowest BCUT2D eigenvalue weighted by atomic mass is 10.1. The standard InChI is InChI=1S/C17H29BrN2/c1-6-14(5)12-20(7-2)16-9-8-15(17(18)10-16)11-19-13(3)4/h8-10,13-14,19H,6-7,11-12H2,1-5H3. The van der Waals surface area contributed by atoms with E-state index in [4.69, 9.17) is 0 Å². The molecule has 1 unspecified atom stereocenters. The van der Waals surface area contributed by atoms with Crippen LogP contribution < -0.4 is 10.2 Å². The second-order valence-corrected chi connectivity index (χ2v) is 6.72. The van der Waals surface area contributed by atoms with E-state index in [9.17, 15) is 0 Å². The van der Waals surface area contributed by atoms with E-state index in [-0.39, 0.29) is 0 Å². The van der Waals surface area contributed by atoms with Gasteiger partial charge in [-0.2, -0.15) is 0 Å². The summed E-state index contributed by atoms with van der Waals surface area (Å²) in [6.07, 6.45) is 1.23. The molecule has 0 aromatic heterocycles. The van der Waals surface area contributed by atoms with Crippen molar-refractivity contribution < 1.29 is 0 Å². The highest BCUT2D eigenvalue weighted by molar-refractivity contribution is 9.10. The first-order valence-electron chi connectivity index (χ1n) is 7.74. The fourth-order valence-corrected chi connectivity index (χ4v) is 2.62. The monoisotopic (exact) mass is 340 g/mol. The van der Waals surface area contributed by atoms with E-state index in [1.165, 1.54) is 22.1 Å². The first-order chi connectivity index (χ1) is 9.47. The Labute approximate surface area is 133 Å². The Balaban J connectivity index is 2.78. The average Bonchev–Trinajstić information content (AvgIpc) is 2.42. The van der Waals surface area contributed by atoms with Gasteiger partial charge in [-0.25, -0.2) is 0 Å². The van der Waals surface area contributed by atoms with Crippen molar-refractivity contribution in [1.82, 2.24) is 5.32 Å². The number of benzene rings is 1. The number of hydrogen-bond acceptors (Lipinski definition) is 2. The summed E-state index contributed by atoms with van der Waals surface area (Å²) in [6, 6.07) is 7.24.